The maximum atomic E-state index is 10.8. The molecule has 3 heteroatoms. The van der Waals surface area contributed by atoms with E-state index in [2.05, 4.69) is 5.32 Å². The predicted molar refractivity (Wildman–Crippen MR) is 33.1 cm³/mol. The van der Waals surface area contributed by atoms with Gasteiger partial charge < -0.3 is 10.4 Å². The van der Waals surface area contributed by atoms with Crippen molar-refractivity contribution in [3.05, 3.63) is 0 Å². The van der Waals surface area contributed by atoms with Crippen LogP contribution in [0.1, 0.15) is 13.3 Å². The predicted octanol–water partition coefficient (Wildman–Crippen LogP) is -0.702. The van der Waals surface area contributed by atoms with E-state index in [1.165, 1.54) is 0 Å². The Hall–Kier alpha value is -0.410. The number of ketones is 1. The molecule has 0 aliphatic carbocycles. The first kappa shape index (κ1) is 6.71. The zero-order valence-corrected chi connectivity index (χ0v) is 5.42. The molecule has 2 N–H and O–H groups in total. The fraction of sp³-hybridized carbons (Fsp3) is 0.833. The second kappa shape index (κ2) is 2.45. The first-order valence-corrected chi connectivity index (χ1v) is 3.20. The molecule has 1 heterocycles. The van der Waals surface area contributed by atoms with Crippen LogP contribution in [0, 0.1) is 0 Å². The van der Waals surface area contributed by atoms with E-state index < -0.39 is 6.10 Å². The van der Waals surface area contributed by atoms with E-state index in [9.17, 15) is 4.79 Å². The van der Waals surface area contributed by atoms with Crippen molar-refractivity contribution in [3.63, 3.8) is 0 Å². The third-order valence-corrected chi connectivity index (χ3v) is 1.63. The molecule has 2 unspecified atom stereocenters. The van der Waals surface area contributed by atoms with Crippen LogP contribution in [0.3, 0.4) is 0 Å². The van der Waals surface area contributed by atoms with Gasteiger partial charge in [-0.25, -0.2) is 0 Å². The van der Waals surface area contributed by atoms with Gasteiger partial charge in [0.05, 0.1) is 12.1 Å². The van der Waals surface area contributed by atoms with Crippen molar-refractivity contribution in [1.29, 1.82) is 0 Å². The SMILES string of the molecule is CCC(=O)C1NCC1O. The second-order valence-electron chi connectivity index (χ2n) is 2.27. The van der Waals surface area contributed by atoms with Crippen LogP contribution in [0.4, 0.5) is 0 Å². The van der Waals surface area contributed by atoms with Crippen LogP contribution >= 0.6 is 0 Å². The second-order valence-corrected chi connectivity index (χ2v) is 2.27. The topological polar surface area (TPSA) is 49.3 Å². The standard InChI is InChI=1S/C6H11NO2/c1-2-4(8)6-5(9)3-7-6/h5-7,9H,2-3H2,1H3. The van der Waals surface area contributed by atoms with Crippen molar-refractivity contribution in [1.82, 2.24) is 5.32 Å². The first-order chi connectivity index (χ1) is 4.25. The van der Waals surface area contributed by atoms with Gasteiger partial charge in [-0.1, -0.05) is 6.92 Å². The van der Waals surface area contributed by atoms with Crippen molar-refractivity contribution in [2.45, 2.75) is 25.5 Å². The van der Waals surface area contributed by atoms with Gasteiger partial charge >= 0.3 is 0 Å². The van der Waals surface area contributed by atoms with Crippen molar-refractivity contribution < 1.29 is 9.90 Å². The van der Waals surface area contributed by atoms with Crippen LogP contribution in [-0.4, -0.2) is 29.6 Å². The monoisotopic (exact) mass is 129 g/mol. The quantitative estimate of drug-likeness (QED) is 0.518. The largest absolute Gasteiger partial charge is 0.390 e. The smallest absolute Gasteiger partial charge is 0.152 e. The Bertz CT molecular complexity index is 124. The van der Waals surface area contributed by atoms with Crippen LogP contribution in [0.2, 0.25) is 0 Å². The minimum atomic E-state index is -0.433. The number of nitrogens with one attached hydrogen (secondary N) is 1. The molecule has 0 bridgehead atoms. The normalized spacial score (nSPS) is 33.6. The third kappa shape index (κ3) is 1.11. The van der Waals surface area contributed by atoms with Gasteiger partial charge in [0.2, 0.25) is 0 Å². The molecule has 1 rings (SSSR count). The number of β-amino-alcohol motifs (C(OH)–C–C–N with tert-alkyl or cyclic N) is 1. The Morgan fingerprint density at radius 3 is 2.67 bits per heavy atom. The van der Waals surface area contributed by atoms with E-state index in [4.69, 9.17) is 5.11 Å². The van der Waals surface area contributed by atoms with Gasteiger partial charge in [-0.15, -0.1) is 0 Å². The summed E-state index contributed by atoms with van der Waals surface area (Å²) >= 11 is 0. The highest BCUT2D eigenvalue weighted by Crippen LogP contribution is 2.05. The summed E-state index contributed by atoms with van der Waals surface area (Å²) in [6.07, 6.45) is 0.0757. The lowest BCUT2D eigenvalue weighted by Gasteiger charge is -2.32. The Morgan fingerprint density at radius 2 is 2.56 bits per heavy atom. The van der Waals surface area contributed by atoms with Crippen molar-refractivity contribution >= 4 is 5.78 Å². The molecule has 1 fully saturated rings. The van der Waals surface area contributed by atoms with Gasteiger partial charge in [0, 0.05) is 13.0 Å². The van der Waals surface area contributed by atoms with Crippen LogP contribution in [0.5, 0.6) is 0 Å². The maximum Gasteiger partial charge on any atom is 0.152 e. The minimum Gasteiger partial charge on any atom is -0.390 e. The first-order valence-electron chi connectivity index (χ1n) is 3.20. The number of Topliss-reactive ketones (excluding diaryl/α,β-unsaturated/α-hetero) is 1. The molecule has 0 aromatic rings. The highest BCUT2D eigenvalue weighted by molar-refractivity contribution is 5.85. The number of carbonyl (C=O) groups excluding carboxylic acids is 1. The molecule has 2 atom stereocenters. The van der Waals surface area contributed by atoms with E-state index in [-0.39, 0.29) is 11.8 Å². The van der Waals surface area contributed by atoms with E-state index in [1.54, 1.807) is 6.92 Å². The number of hydrogen-bond donors (Lipinski definition) is 2. The van der Waals surface area contributed by atoms with E-state index in [1.807, 2.05) is 0 Å². The maximum absolute atomic E-state index is 10.8. The van der Waals surface area contributed by atoms with Gasteiger partial charge in [0.25, 0.3) is 0 Å². The highest BCUT2D eigenvalue weighted by atomic mass is 16.3. The summed E-state index contributed by atoms with van der Waals surface area (Å²) in [7, 11) is 0. The van der Waals surface area contributed by atoms with Gasteiger partial charge in [-0.05, 0) is 0 Å². The molecule has 1 aliphatic rings. The van der Waals surface area contributed by atoms with Crippen LogP contribution in [0.15, 0.2) is 0 Å². The van der Waals surface area contributed by atoms with Crippen molar-refractivity contribution in [3.8, 4) is 0 Å². The summed E-state index contributed by atoms with van der Waals surface area (Å²) in [6, 6.07) is -0.269. The molecule has 3 nitrogen and oxygen atoms in total. The molecule has 52 valence electrons. The Labute approximate surface area is 54.1 Å². The molecule has 0 saturated carbocycles. The Kier molecular flexibility index (Phi) is 1.83. The van der Waals surface area contributed by atoms with E-state index in [0.29, 0.717) is 13.0 Å². The molecule has 0 aromatic heterocycles. The average Bonchev–Trinajstić information content (AvgIpc) is 1.84. The fourth-order valence-electron chi connectivity index (χ4n) is 0.889. The zero-order chi connectivity index (χ0) is 6.85. The summed E-state index contributed by atoms with van der Waals surface area (Å²) in [5.74, 6) is 0.105. The van der Waals surface area contributed by atoms with Crippen molar-refractivity contribution in [2.24, 2.45) is 0 Å². The number of aliphatic hydroxyl groups is 1. The summed E-state index contributed by atoms with van der Waals surface area (Å²) in [6.45, 7) is 2.37. The molecule has 9 heavy (non-hydrogen) atoms. The molecule has 1 aliphatic heterocycles. The molecule has 0 radical (unpaired) electrons. The third-order valence-electron chi connectivity index (χ3n) is 1.63. The lowest BCUT2D eigenvalue weighted by molar-refractivity contribution is -0.126. The average molecular weight is 129 g/mol. The molecule has 1 saturated heterocycles. The lowest BCUT2D eigenvalue weighted by atomic mass is 9.98. The molecular formula is C6H11NO2. The number of aliphatic hydroxyl groups excluding tert-OH is 1. The van der Waals surface area contributed by atoms with Crippen molar-refractivity contribution in [2.75, 3.05) is 6.54 Å². The molecule has 0 amide bonds. The molecule has 0 spiro atoms. The van der Waals surface area contributed by atoms with Gasteiger partial charge in [0.15, 0.2) is 5.78 Å². The van der Waals surface area contributed by atoms with E-state index >= 15 is 0 Å². The fourth-order valence-corrected chi connectivity index (χ4v) is 0.889. The molecule has 0 aromatic carbocycles. The summed E-state index contributed by atoms with van der Waals surface area (Å²) in [5, 5.41) is 11.8. The van der Waals surface area contributed by atoms with Crippen LogP contribution < -0.4 is 5.32 Å². The number of rotatable bonds is 2. The number of hydrogen-bond acceptors (Lipinski definition) is 3. The van der Waals surface area contributed by atoms with Crippen LogP contribution in [0.25, 0.3) is 0 Å². The Balaban J connectivity index is 2.35. The summed E-state index contributed by atoms with van der Waals surface area (Å²) < 4.78 is 0. The van der Waals surface area contributed by atoms with Gasteiger partial charge in [-0.3, -0.25) is 4.79 Å². The van der Waals surface area contributed by atoms with E-state index in [0.717, 1.165) is 0 Å². The zero-order valence-electron chi connectivity index (χ0n) is 5.42. The lowest BCUT2D eigenvalue weighted by Crippen LogP contribution is -2.61. The van der Waals surface area contributed by atoms with Crippen LogP contribution in [-0.2, 0) is 4.79 Å². The molecular weight excluding hydrogens is 118 g/mol. The van der Waals surface area contributed by atoms with Gasteiger partial charge in [-0.2, -0.15) is 0 Å². The summed E-state index contributed by atoms with van der Waals surface area (Å²) in [4.78, 5) is 10.8. The minimum absolute atomic E-state index is 0.105. The number of carbonyl (C=O) groups is 1. The van der Waals surface area contributed by atoms with Gasteiger partial charge in [0.1, 0.15) is 0 Å². The highest BCUT2D eigenvalue weighted by Gasteiger charge is 2.32. The Morgan fingerprint density at radius 1 is 1.89 bits per heavy atom. The summed E-state index contributed by atoms with van der Waals surface area (Å²) in [5.41, 5.74) is 0.